The molecular weight excluding hydrogens is 324 g/mol. The van der Waals surface area contributed by atoms with Gasteiger partial charge in [-0.05, 0) is 18.2 Å². The van der Waals surface area contributed by atoms with Crippen LogP contribution in [0.5, 0.6) is 5.75 Å². The van der Waals surface area contributed by atoms with E-state index in [0.717, 1.165) is 11.3 Å². The molecule has 0 fully saturated rings. The molecule has 9 heteroatoms. The first-order valence-electron chi connectivity index (χ1n) is 7.61. The molecule has 0 saturated heterocycles. The van der Waals surface area contributed by atoms with Crippen LogP contribution in [0.3, 0.4) is 0 Å². The van der Waals surface area contributed by atoms with Crippen molar-refractivity contribution in [2.75, 3.05) is 32.6 Å². The number of likely N-dealkylation sites (N-methyl/N-ethyl adjacent to an activating group) is 1. The summed E-state index contributed by atoms with van der Waals surface area (Å²) >= 11 is 0. The molecule has 0 aliphatic rings. The molecule has 130 valence electrons. The van der Waals surface area contributed by atoms with Gasteiger partial charge in [0.15, 0.2) is 5.65 Å². The first-order chi connectivity index (χ1) is 12.1. The Kier molecular flexibility index (Phi) is 4.64. The normalized spacial score (nSPS) is 10.6. The number of carbonyl (C=O) groups is 1. The summed E-state index contributed by atoms with van der Waals surface area (Å²) in [7, 11) is 3.10. The predicted octanol–water partition coefficient (Wildman–Crippen LogP) is 1.82. The first-order valence-corrected chi connectivity index (χ1v) is 7.61. The van der Waals surface area contributed by atoms with Crippen molar-refractivity contribution < 1.29 is 14.6 Å². The fourth-order valence-electron chi connectivity index (χ4n) is 2.35. The lowest BCUT2D eigenvalue weighted by Gasteiger charge is -2.13. The molecule has 3 aromatic rings. The molecule has 1 amide bonds. The highest BCUT2D eigenvalue weighted by Crippen LogP contribution is 2.28. The van der Waals surface area contributed by atoms with Crippen LogP contribution in [-0.4, -0.2) is 62.9 Å². The second-order valence-electron chi connectivity index (χ2n) is 5.34. The lowest BCUT2D eigenvalue weighted by Crippen LogP contribution is -2.30. The minimum Gasteiger partial charge on any atom is -0.494 e. The minimum atomic E-state index is -0.966. The zero-order valence-electron chi connectivity index (χ0n) is 13.9. The fraction of sp³-hybridized carbons (Fsp3) is 0.250. The Hall–Kier alpha value is -3.36. The molecule has 0 bridgehead atoms. The number of hydrogen-bond donors (Lipinski definition) is 2. The van der Waals surface area contributed by atoms with E-state index in [0.29, 0.717) is 30.3 Å². The average Bonchev–Trinajstić information content (AvgIpc) is 3.04. The number of aromatic nitrogens is 4. The number of anilines is 1. The van der Waals surface area contributed by atoms with E-state index in [2.05, 4.69) is 20.4 Å². The van der Waals surface area contributed by atoms with Gasteiger partial charge in [-0.25, -0.2) is 14.3 Å². The van der Waals surface area contributed by atoms with Gasteiger partial charge in [0, 0.05) is 31.9 Å². The van der Waals surface area contributed by atoms with Crippen molar-refractivity contribution >= 4 is 17.6 Å². The molecule has 9 nitrogen and oxygen atoms in total. The Balaban J connectivity index is 1.86. The highest BCUT2D eigenvalue weighted by atomic mass is 16.5. The Morgan fingerprint density at radius 3 is 2.96 bits per heavy atom. The number of rotatable bonds is 6. The summed E-state index contributed by atoms with van der Waals surface area (Å²) in [4.78, 5) is 20.4. The third-order valence-corrected chi connectivity index (χ3v) is 3.72. The maximum absolute atomic E-state index is 10.8. The summed E-state index contributed by atoms with van der Waals surface area (Å²) in [5.74, 6) is 1.26. The third-order valence-electron chi connectivity index (χ3n) is 3.72. The number of nitrogens with zero attached hydrogens (tertiary/aromatic N) is 5. The molecule has 0 radical (unpaired) electrons. The number of methoxy groups -OCH3 is 1. The van der Waals surface area contributed by atoms with Crippen LogP contribution < -0.4 is 10.1 Å². The smallest absolute Gasteiger partial charge is 0.407 e. The lowest BCUT2D eigenvalue weighted by atomic mass is 10.2. The van der Waals surface area contributed by atoms with Crippen LogP contribution in [0, 0.1) is 0 Å². The second-order valence-corrected chi connectivity index (χ2v) is 5.34. The quantitative estimate of drug-likeness (QED) is 0.704. The molecule has 2 N–H and O–H groups in total. The van der Waals surface area contributed by atoms with Gasteiger partial charge < -0.3 is 20.1 Å². The van der Waals surface area contributed by atoms with Gasteiger partial charge in [-0.3, -0.25) is 4.98 Å². The van der Waals surface area contributed by atoms with Gasteiger partial charge in [0.1, 0.15) is 11.6 Å². The summed E-state index contributed by atoms with van der Waals surface area (Å²) in [5, 5.41) is 16.5. The average molecular weight is 342 g/mol. The van der Waals surface area contributed by atoms with Gasteiger partial charge in [-0.1, -0.05) is 0 Å². The van der Waals surface area contributed by atoms with Crippen LogP contribution >= 0.6 is 0 Å². The Bertz CT molecular complexity index is 894. The minimum absolute atomic E-state index is 0.351. The van der Waals surface area contributed by atoms with Gasteiger partial charge in [0.25, 0.3) is 0 Å². The van der Waals surface area contributed by atoms with Gasteiger partial charge >= 0.3 is 6.09 Å². The number of hydrogen-bond acceptors (Lipinski definition) is 6. The summed E-state index contributed by atoms with van der Waals surface area (Å²) in [6.45, 7) is 0.800. The number of imidazole rings is 1. The predicted molar refractivity (Wildman–Crippen MR) is 91.9 cm³/mol. The molecule has 0 unspecified atom stereocenters. The van der Waals surface area contributed by atoms with Crippen molar-refractivity contribution in [1.29, 1.82) is 0 Å². The van der Waals surface area contributed by atoms with E-state index in [1.165, 1.54) is 11.9 Å². The number of ether oxygens (including phenoxy) is 1. The molecule has 0 aliphatic heterocycles. The molecule has 0 saturated carbocycles. The van der Waals surface area contributed by atoms with E-state index >= 15 is 0 Å². The monoisotopic (exact) mass is 342 g/mol. The van der Waals surface area contributed by atoms with Gasteiger partial charge in [-0.2, -0.15) is 0 Å². The van der Waals surface area contributed by atoms with Gasteiger partial charge in [-0.15, -0.1) is 5.10 Å². The second kappa shape index (κ2) is 7.04. The highest BCUT2D eigenvalue weighted by molar-refractivity contribution is 5.69. The zero-order chi connectivity index (χ0) is 17.8. The molecule has 0 atom stereocenters. The molecule has 25 heavy (non-hydrogen) atoms. The van der Waals surface area contributed by atoms with Crippen molar-refractivity contribution in [3.8, 4) is 17.0 Å². The van der Waals surface area contributed by atoms with Crippen molar-refractivity contribution in [1.82, 2.24) is 24.5 Å². The largest absolute Gasteiger partial charge is 0.494 e. The fourth-order valence-corrected chi connectivity index (χ4v) is 2.35. The summed E-state index contributed by atoms with van der Waals surface area (Å²) in [5.41, 5.74) is 2.31. The molecular formula is C16H18N6O3. The highest BCUT2D eigenvalue weighted by Gasteiger charge is 2.12. The Labute approximate surface area is 143 Å². The molecule has 3 heterocycles. The summed E-state index contributed by atoms with van der Waals surface area (Å²) in [6, 6.07) is 5.48. The topological polar surface area (TPSA) is 105 Å². The van der Waals surface area contributed by atoms with E-state index in [1.54, 1.807) is 36.3 Å². The van der Waals surface area contributed by atoms with Crippen molar-refractivity contribution in [3.63, 3.8) is 0 Å². The van der Waals surface area contributed by atoms with Gasteiger partial charge in [0.2, 0.25) is 0 Å². The lowest BCUT2D eigenvalue weighted by molar-refractivity contribution is 0.157. The molecule has 0 aliphatic carbocycles. The van der Waals surface area contributed by atoms with Crippen molar-refractivity contribution in [2.45, 2.75) is 0 Å². The number of nitrogens with one attached hydrogen (secondary N) is 1. The van der Waals surface area contributed by atoms with Gasteiger partial charge in [0.05, 0.1) is 25.2 Å². The third kappa shape index (κ3) is 3.44. The number of carboxylic acid groups (broad SMARTS) is 1. The van der Waals surface area contributed by atoms with Crippen LogP contribution in [0.1, 0.15) is 0 Å². The van der Waals surface area contributed by atoms with Crippen molar-refractivity contribution in [3.05, 3.63) is 36.8 Å². The maximum atomic E-state index is 10.8. The van der Waals surface area contributed by atoms with E-state index in [-0.39, 0.29) is 0 Å². The summed E-state index contributed by atoms with van der Waals surface area (Å²) < 4.78 is 7.06. The van der Waals surface area contributed by atoms with Crippen LogP contribution in [0.25, 0.3) is 16.9 Å². The van der Waals surface area contributed by atoms with Crippen molar-refractivity contribution in [2.24, 2.45) is 0 Å². The molecule has 3 aromatic heterocycles. The van der Waals surface area contributed by atoms with Crippen LogP contribution in [0.2, 0.25) is 0 Å². The van der Waals surface area contributed by atoms with E-state index < -0.39 is 6.09 Å². The molecule has 3 rings (SSSR count). The molecule has 0 spiro atoms. The number of amides is 1. The maximum Gasteiger partial charge on any atom is 0.407 e. The SMILES string of the molecule is COc1cnccc1-c1cnc2ccc(NCCN(C)C(=O)O)nn12. The van der Waals surface area contributed by atoms with Crippen LogP contribution in [0.4, 0.5) is 10.6 Å². The Morgan fingerprint density at radius 2 is 2.20 bits per heavy atom. The van der Waals surface area contributed by atoms with E-state index in [1.807, 2.05) is 12.1 Å². The van der Waals surface area contributed by atoms with E-state index in [4.69, 9.17) is 9.84 Å². The molecule has 0 aromatic carbocycles. The number of fused-ring (bicyclic) bond motifs is 1. The standard InChI is InChI=1S/C16H18N6O3/c1-21(16(23)24)8-7-18-14-3-4-15-19-9-12(22(15)20-14)11-5-6-17-10-13(11)25-2/h3-6,9-10H,7-8H2,1-2H3,(H,18,20)(H,23,24). The van der Waals surface area contributed by atoms with Crippen LogP contribution in [-0.2, 0) is 0 Å². The first kappa shape index (κ1) is 16.5. The Morgan fingerprint density at radius 1 is 1.36 bits per heavy atom. The summed E-state index contributed by atoms with van der Waals surface area (Å²) in [6.07, 6.45) is 4.08. The van der Waals surface area contributed by atoms with E-state index in [9.17, 15) is 4.79 Å². The van der Waals surface area contributed by atoms with Crippen LogP contribution in [0.15, 0.2) is 36.8 Å². The zero-order valence-corrected chi connectivity index (χ0v) is 13.9. The number of pyridine rings is 1.